The monoisotopic (exact) mass is 311 g/mol. The molecule has 0 aliphatic carbocycles. The van der Waals surface area contributed by atoms with Crippen molar-refractivity contribution in [3.63, 3.8) is 0 Å². The first-order valence-electron chi connectivity index (χ1n) is 7.61. The van der Waals surface area contributed by atoms with Gasteiger partial charge in [-0.3, -0.25) is 0 Å². The van der Waals surface area contributed by atoms with Crippen LogP contribution >= 0.6 is 0 Å². The first-order valence-corrected chi connectivity index (χ1v) is 7.61. The number of urea groups is 1. The molecule has 2 aromatic heterocycles. The van der Waals surface area contributed by atoms with Gasteiger partial charge in [-0.1, -0.05) is 0 Å². The van der Waals surface area contributed by atoms with Crippen molar-refractivity contribution in [2.45, 2.75) is 32.4 Å². The largest absolute Gasteiger partial charge is 0.464 e. The lowest BCUT2D eigenvalue weighted by Crippen LogP contribution is -2.43. The number of aromatic nitrogens is 3. The second-order valence-electron chi connectivity index (χ2n) is 5.82. The van der Waals surface area contributed by atoms with E-state index in [2.05, 4.69) is 20.7 Å². The minimum Gasteiger partial charge on any atom is -0.464 e. The van der Waals surface area contributed by atoms with E-state index in [1.807, 2.05) is 29.8 Å². The number of carbonyl (C=O) groups excluding carboxylic acids is 1. The maximum Gasteiger partial charge on any atom is 0.319 e. The van der Waals surface area contributed by atoms with Crippen molar-refractivity contribution in [2.24, 2.45) is 0 Å². The van der Waals surface area contributed by atoms with Crippen molar-refractivity contribution in [2.75, 3.05) is 5.32 Å². The molecular weight excluding hydrogens is 294 g/mol. The van der Waals surface area contributed by atoms with Gasteiger partial charge in [0.2, 0.25) is 0 Å². The first kappa shape index (κ1) is 13.8. The van der Waals surface area contributed by atoms with Gasteiger partial charge in [-0.2, -0.15) is 5.10 Å². The van der Waals surface area contributed by atoms with Crippen LogP contribution in [-0.2, 0) is 13.0 Å². The molecule has 7 nitrogen and oxygen atoms in total. The molecular formula is C16H17N5O2. The number of carbonyl (C=O) groups is 1. The summed E-state index contributed by atoms with van der Waals surface area (Å²) in [6, 6.07) is 5.47. The fraction of sp³-hybridized carbons (Fsp3) is 0.312. The molecule has 0 saturated heterocycles. The predicted molar refractivity (Wildman–Crippen MR) is 85.2 cm³/mol. The summed E-state index contributed by atoms with van der Waals surface area (Å²) in [7, 11) is 0. The van der Waals surface area contributed by atoms with Gasteiger partial charge in [0.1, 0.15) is 17.7 Å². The van der Waals surface area contributed by atoms with Gasteiger partial charge in [0.25, 0.3) is 0 Å². The van der Waals surface area contributed by atoms with Gasteiger partial charge < -0.3 is 15.1 Å². The summed E-state index contributed by atoms with van der Waals surface area (Å²) < 4.78 is 7.25. The van der Waals surface area contributed by atoms with E-state index < -0.39 is 0 Å². The predicted octanol–water partition coefficient (Wildman–Crippen LogP) is 2.47. The Hall–Kier alpha value is -2.83. The lowest BCUT2D eigenvalue weighted by atomic mass is 10.1. The topological polar surface area (TPSA) is 85.0 Å². The highest BCUT2D eigenvalue weighted by Gasteiger charge is 2.21. The molecule has 0 saturated carbocycles. The molecule has 2 N–H and O–H groups in total. The summed E-state index contributed by atoms with van der Waals surface area (Å²) in [4.78, 5) is 16.4. The number of anilines is 1. The van der Waals surface area contributed by atoms with Gasteiger partial charge in [-0.25, -0.2) is 14.5 Å². The third-order valence-corrected chi connectivity index (χ3v) is 4.17. The summed E-state index contributed by atoms with van der Waals surface area (Å²) in [6.45, 7) is 2.63. The van der Waals surface area contributed by atoms with Gasteiger partial charge in [-0.15, -0.1) is 0 Å². The number of furan rings is 1. The summed E-state index contributed by atoms with van der Waals surface area (Å²) >= 11 is 0. The Morgan fingerprint density at radius 1 is 1.43 bits per heavy atom. The lowest BCUT2D eigenvalue weighted by Gasteiger charge is -2.23. The molecule has 0 fully saturated rings. The first-order chi connectivity index (χ1) is 11.2. The van der Waals surface area contributed by atoms with E-state index in [0.717, 1.165) is 40.9 Å². The Kier molecular flexibility index (Phi) is 3.25. The molecule has 23 heavy (non-hydrogen) atoms. The lowest BCUT2D eigenvalue weighted by molar-refractivity contribution is 0.243. The second kappa shape index (κ2) is 5.42. The Balaban J connectivity index is 1.42. The van der Waals surface area contributed by atoms with Crippen molar-refractivity contribution in [3.8, 4) is 0 Å². The zero-order valence-electron chi connectivity index (χ0n) is 12.7. The number of benzene rings is 1. The molecule has 1 aromatic carbocycles. The SMILES string of the molecule is Cc1coc2ccc(NC(=O)N[C@@H]3CCc4ncnn4C3)cc12. The number of rotatable bonds is 2. The van der Waals surface area contributed by atoms with E-state index in [4.69, 9.17) is 4.42 Å². The van der Waals surface area contributed by atoms with Gasteiger partial charge in [0.15, 0.2) is 0 Å². The average molecular weight is 311 g/mol. The molecule has 0 spiro atoms. The van der Waals surface area contributed by atoms with Crippen LogP contribution in [0.3, 0.4) is 0 Å². The van der Waals surface area contributed by atoms with Crippen molar-refractivity contribution >= 4 is 22.7 Å². The second-order valence-corrected chi connectivity index (χ2v) is 5.82. The van der Waals surface area contributed by atoms with E-state index in [1.54, 1.807) is 12.6 Å². The Morgan fingerprint density at radius 2 is 2.35 bits per heavy atom. The maximum atomic E-state index is 12.2. The highest BCUT2D eigenvalue weighted by Crippen LogP contribution is 2.24. The number of fused-ring (bicyclic) bond motifs is 2. The minimum atomic E-state index is -0.209. The number of amides is 2. The smallest absolute Gasteiger partial charge is 0.319 e. The van der Waals surface area contributed by atoms with Crippen LogP contribution in [0.4, 0.5) is 10.5 Å². The summed E-state index contributed by atoms with van der Waals surface area (Å²) in [5, 5.41) is 11.0. The highest BCUT2D eigenvalue weighted by molar-refractivity contribution is 5.93. The quantitative estimate of drug-likeness (QED) is 0.761. The summed E-state index contributed by atoms with van der Waals surface area (Å²) in [6.07, 6.45) is 4.96. The Labute approximate surface area is 132 Å². The number of hydrogen-bond acceptors (Lipinski definition) is 4. The van der Waals surface area contributed by atoms with Crippen LogP contribution in [0.2, 0.25) is 0 Å². The van der Waals surface area contributed by atoms with Gasteiger partial charge in [0.05, 0.1) is 18.8 Å². The zero-order chi connectivity index (χ0) is 15.8. The van der Waals surface area contributed by atoms with E-state index >= 15 is 0 Å². The zero-order valence-corrected chi connectivity index (χ0v) is 12.7. The number of nitrogens with one attached hydrogen (secondary N) is 2. The molecule has 0 bridgehead atoms. The molecule has 3 heterocycles. The van der Waals surface area contributed by atoms with Crippen LogP contribution in [0.25, 0.3) is 11.0 Å². The highest BCUT2D eigenvalue weighted by atomic mass is 16.3. The third-order valence-electron chi connectivity index (χ3n) is 4.17. The minimum absolute atomic E-state index is 0.0589. The van der Waals surface area contributed by atoms with E-state index in [-0.39, 0.29) is 12.1 Å². The van der Waals surface area contributed by atoms with E-state index in [1.165, 1.54) is 0 Å². The Bertz CT molecular complexity index is 866. The van der Waals surface area contributed by atoms with Gasteiger partial charge in [0, 0.05) is 17.5 Å². The molecule has 1 atom stereocenters. The van der Waals surface area contributed by atoms with Crippen molar-refractivity contribution < 1.29 is 9.21 Å². The normalized spacial score (nSPS) is 17.0. The van der Waals surface area contributed by atoms with Crippen LogP contribution in [0.15, 0.2) is 35.2 Å². The molecule has 7 heteroatoms. The molecule has 0 radical (unpaired) electrons. The van der Waals surface area contributed by atoms with E-state index in [9.17, 15) is 4.79 Å². The van der Waals surface area contributed by atoms with Crippen LogP contribution in [0, 0.1) is 6.92 Å². The van der Waals surface area contributed by atoms with Crippen molar-refractivity contribution in [1.29, 1.82) is 0 Å². The van der Waals surface area contributed by atoms with E-state index in [0.29, 0.717) is 6.54 Å². The molecule has 0 unspecified atom stereocenters. The van der Waals surface area contributed by atoms with Crippen LogP contribution in [0.1, 0.15) is 17.8 Å². The van der Waals surface area contributed by atoms with Crippen molar-refractivity contribution in [3.05, 3.63) is 42.2 Å². The molecule has 2 amide bonds. The summed E-state index contributed by atoms with van der Waals surface area (Å²) in [5.41, 5.74) is 2.62. The van der Waals surface area contributed by atoms with Gasteiger partial charge >= 0.3 is 6.03 Å². The standard InChI is InChI=1S/C16H17N5O2/c1-10-8-23-14-4-2-11(6-13(10)14)19-16(22)20-12-3-5-15-17-9-18-21(15)7-12/h2,4,6,8-9,12H,3,5,7H2,1H3,(H2,19,20,22)/t12-/m1/s1. The summed E-state index contributed by atoms with van der Waals surface area (Å²) in [5.74, 6) is 0.976. The third kappa shape index (κ3) is 2.65. The molecule has 1 aliphatic heterocycles. The van der Waals surface area contributed by atoms with Crippen LogP contribution in [-0.4, -0.2) is 26.8 Å². The maximum absolute atomic E-state index is 12.2. The number of nitrogens with zero attached hydrogens (tertiary/aromatic N) is 3. The number of aryl methyl sites for hydroxylation is 2. The fourth-order valence-corrected chi connectivity index (χ4v) is 2.94. The molecule has 3 aromatic rings. The molecule has 118 valence electrons. The average Bonchev–Trinajstić information content (AvgIpc) is 3.14. The fourth-order valence-electron chi connectivity index (χ4n) is 2.94. The van der Waals surface area contributed by atoms with Crippen molar-refractivity contribution in [1.82, 2.24) is 20.1 Å². The Morgan fingerprint density at radius 3 is 3.26 bits per heavy atom. The van der Waals surface area contributed by atoms with Crippen LogP contribution in [0.5, 0.6) is 0 Å². The molecule has 1 aliphatic rings. The van der Waals surface area contributed by atoms with Crippen LogP contribution < -0.4 is 10.6 Å². The van der Waals surface area contributed by atoms with Gasteiger partial charge in [-0.05, 0) is 37.1 Å². The molecule has 4 rings (SSSR count). The number of hydrogen-bond donors (Lipinski definition) is 2.